The van der Waals surface area contributed by atoms with Crippen LogP contribution in [0.2, 0.25) is 5.02 Å². The fourth-order valence-corrected chi connectivity index (χ4v) is 7.97. The monoisotopic (exact) mass is 560 g/mol. The molecule has 7 heteroatoms. The van der Waals surface area contributed by atoms with Crippen molar-refractivity contribution < 1.29 is 14.6 Å². The molecular weight excluding hydrogens is 528 g/mol. The summed E-state index contributed by atoms with van der Waals surface area (Å²) < 4.78 is 7.41. The summed E-state index contributed by atoms with van der Waals surface area (Å²) >= 11 is 7.86. The van der Waals surface area contributed by atoms with E-state index in [1.165, 1.54) is 11.1 Å². The lowest BCUT2D eigenvalue weighted by molar-refractivity contribution is -0.144. The number of anilines is 1. The van der Waals surface area contributed by atoms with E-state index in [1.807, 2.05) is 30.5 Å². The number of rotatable bonds is 8. The molecule has 4 aromatic rings. The van der Waals surface area contributed by atoms with E-state index in [0.29, 0.717) is 36.3 Å². The Morgan fingerprint density at radius 3 is 2.77 bits per heavy atom. The summed E-state index contributed by atoms with van der Waals surface area (Å²) in [4.78, 5) is 17.1. The molecule has 0 aliphatic heterocycles. The van der Waals surface area contributed by atoms with Gasteiger partial charge < -0.3 is 15.2 Å². The maximum absolute atomic E-state index is 12.7. The van der Waals surface area contributed by atoms with Gasteiger partial charge in [0.1, 0.15) is 11.3 Å². The van der Waals surface area contributed by atoms with E-state index in [1.54, 1.807) is 23.5 Å². The number of carboxylic acid groups (broad SMARTS) is 1. The van der Waals surface area contributed by atoms with E-state index in [2.05, 4.69) is 46.9 Å². The molecule has 39 heavy (non-hydrogen) atoms. The van der Waals surface area contributed by atoms with Crippen LogP contribution in [0.4, 0.5) is 5.69 Å². The van der Waals surface area contributed by atoms with Crippen LogP contribution in [-0.2, 0) is 16.6 Å². The molecule has 1 fully saturated rings. The van der Waals surface area contributed by atoms with Crippen molar-refractivity contribution in [3.05, 3.63) is 88.4 Å². The summed E-state index contributed by atoms with van der Waals surface area (Å²) in [6.45, 7) is 2.92. The number of thiophene rings is 1. The molecule has 6 rings (SSSR count). The Balaban J connectivity index is 1.20. The molecule has 0 bridgehead atoms. The largest absolute Gasteiger partial charge is 0.492 e. The molecule has 1 spiro atoms. The summed E-state index contributed by atoms with van der Waals surface area (Å²) in [6.07, 6.45) is 6.69. The van der Waals surface area contributed by atoms with Crippen LogP contribution in [0.5, 0.6) is 5.75 Å². The molecule has 2 aromatic heterocycles. The van der Waals surface area contributed by atoms with Crippen LogP contribution < -0.4 is 10.1 Å². The Hall–Kier alpha value is -3.09. The number of halogens is 1. The second-order valence-corrected chi connectivity index (χ2v) is 12.7. The maximum atomic E-state index is 12.7. The van der Waals surface area contributed by atoms with Gasteiger partial charge in [-0.3, -0.25) is 4.98 Å². The van der Waals surface area contributed by atoms with Gasteiger partial charge in [0.15, 0.2) is 0 Å². The third kappa shape index (κ3) is 4.89. The Kier molecular flexibility index (Phi) is 7.02. The molecule has 2 aromatic carbocycles. The first-order valence-electron chi connectivity index (χ1n) is 13.7. The van der Waals surface area contributed by atoms with Gasteiger partial charge in [-0.1, -0.05) is 48.9 Å². The molecule has 0 amide bonds. The lowest BCUT2D eigenvalue weighted by atomic mass is 9.59. The first-order chi connectivity index (χ1) is 18.9. The van der Waals surface area contributed by atoms with Crippen LogP contribution in [0.1, 0.15) is 50.2 Å². The minimum Gasteiger partial charge on any atom is -0.492 e. The lowest BCUT2D eigenvalue weighted by Crippen LogP contribution is -2.53. The molecule has 2 aliphatic carbocycles. The van der Waals surface area contributed by atoms with Gasteiger partial charge in [-0.05, 0) is 103 Å². The first-order valence-corrected chi connectivity index (χ1v) is 14.9. The van der Waals surface area contributed by atoms with Crippen molar-refractivity contribution in [1.82, 2.24) is 4.98 Å². The normalized spacial score (nSPS) is 24.9. The standard InChI is InChI=1S/C32H33ClN2O3S/c1-21(20-38-28-9-15-34-27-10-16-39-29(27)28)17-23-18-22-5-2-3-8-26(22)31(23)11-13-32(14-12-31,30(36)37)35-25-7-4-6-24(33)19-25/h2-10,15-16,19,21,23,35H,11-14,17-18,20H2,1H3,(H,36,37)/t21-,23-,31?,32?/m1/s1. The highest BCUT2D eigenvalue weighted by Gasteiger charge is 2.54. The van der Waals surface area contributed by atoms with Crippen molar-refractivity contribution in [2.24, 2.45) is 11.8 Å². The number of pyridine rings is 1. The molecule has 0 unspecified atom stereocenters. The van der Waals surface area contributed by atoms with Crippen molar-refractivity contribution in [2.75, 3.05) is 11.9 Å². The van der Waals surface area contributed by atoms with Gasteiger partial charge in [-0.15, -0.1) is 11.3 Å². The van der Waals surface area contributed by atoms with Crippen LogP contribution in [0.15, 0.2) is 72.2 Å². The average Bonchev–Trinajstić information content (AvgIpc) is 3.52. The van der Waals surface area contributed by atoms with Crippen LogP contribution in [0.3, 0.4) is 0 Å². The summed E-state index contributed by atoms with van der Waals surface area (Å²) in [7, 11) is 0. The number of fused-ring (bicyclic) bond motifs is 3. The number of aliphatic carboxylic acids is 1. The summed E-state index contributed by atoms with van der Waals surface area (Å²) in [5, 5.41) is 16.4. The zero-order chi connectivity index (χ0) is 27.0. The minimum absolute atomic E-state index is 0.0164. The van der Waals surface area contributed by atoms with Gasteiger partial charge in [0.05, 0.1) is 16.8 Å². The Bertz CT molecular complexity index is 1490. The van der Waals surface area contributed by atoms with E-state index in [4.69, 9.17) is 16.3 Å². The smallest absolute Gasteiger partial charge is 0.329 e. The zero-order valence-corrected chi connectivity index (χ0v) is 23.6. The Morgan fingerprint density at radius 1 is 1.15 bits per heavy atom. The third-order valence-corrected chi connectivity index (χ3v) is 10.1. The second kappa shape index (κ2) is 10.5. The molecule has 2 heterocycles. The zero-order valence-electron chi connectivity index (χ0n) is 22.0. The second-order valence-electron chi connectivity index (χ2n) is 11.3. The van der Waals surface area contributed by atoms with Gasteiger partial charge in [0.25, 0.3) is 0 Å². The van der Waals surface area contributed by atoms with E-state index in [-0.39, 0.29) is 5.41 Å². The summed E-state index contributed by atoms with van der Waals surface area (Å²) in [5.74, 6) is 0.923. The van der Waals surface area contributed by atoms with Gasteiger partial charge in [0, 0.05) is 16.9 Å². The number of nitrogens with zero attached hydrogens (tertiary/aromatic N) is 1. The van der Waals surface area contributed by atoms with E-state index >= 15 is 0 Å². The molecule has 2 aliphatic rings. The number of aromatic nitrogens is 1. The minimum atomic E-state index is -1.000. The van der Waals surface area contributed by atoms with E-state index in [9.17, 15) is 9.90 Å². The molecule has 2 N–H and O–H groups in total. The quantitative estimate of drug-likeness (QED) is 0.228. The van der Waals surface area contributed by atoms with Crippen LogP contribution in [0, 0.1) is 11.8 Å². The highest BCUT2D eigenvalue weighted by atomic mass is 35.5. The molecular formula is C32H33ClN2O3S. The van der Waals surface area contributed by atoms with E-state index < -0.39 is 11.5 Å². The molecule has 5 nitrogen and oxygen atoms in total. The molecule has 0 radical (unpaired) electrons. The lowest BCUT2D eigenvalue weighted by Gasteiger charge is -2.47. The van der Waals surface area contributed by atoms with Crippen LogP contribution >= 0.6 is 22.9 Å². The van der Waals surface area contributed by atoms with Gasteiger partial charge in [0.2, 0.25) is 0 Å². The first kappa shape index (κ1) is 26.1. The maximum Gasteiger partial charge on any atom is 0.329 e. The average molecular weight is 561 g/mol. The number of hydrogen-bond donors (Lipinski definition) is 2. The number of nitrogens with one attached hydrogen (secondary N) is 1. The van der Waals surface area contributed by atoms with Crippen LogP contribution in [-0.4, -0.2) is 28.2 Å². The number of ether oxygens (including phenoxy) is 1. The fourth-order valence-electron chi connectivity index (χ4n) is 6.96. The van der Waals surface area contributed by atoms with Crippen molar-refractivity contribution >= 4 is 44.8 Å². The number of hydrogen-bond acceptors (Lipinski definition) is 5. The van der Waals surface area contributed by atoms with Gasteiger partial charge >= 0.3 is 5.97 Å². The highest BCUT2D eigenvalue weighted by Crippen LogP contribution is 2.56. The van der Waals surface area contributed by atoms with Crippen molar-refractivity contribution in [3.63, 3.8) is 0 Å². The van der Waals surface area contributed by atoms with Crippen LogP contribution in [0.25, 0.3) is 10.2 Å². The SMILES string of the molecule is C[C@@H](COc1ccnc2ccsc12)C[C@@H]1Cc2ccccc2C12CCC(Nc1cccc(Cl)c1)(C(=O)O)CC2. The highest BCUT2D eigenvalue weighted by molar-refractivity contribution is 7.17. The predicted octanol–water partition coefficient (Wildman–Crippen LogP) is 7.97. The molecule has 1 saturated carbocycles. The van der Waals surface area contributed by atoms with Crippen molar-refractivity contribution in [3.8, 4) is 5.75 Å². The third-order valence-electron chi connectivity index (χ3n) is 8.93. The van der Waals surface area contributed by atoms with Gasteiger partial charge in [-0.2, -0.15) is 0 Å². The fraction of sp³-hybridized carbons (Fsp3) is 0.375. The van der Waals surface area contributed by atoms with Crippen molar-refractivity contribution in [2.45, 2.75) is 56.4 Å². The van der Waals surface area contributed by atoms with Gasteiger partial charge in [-0.25, -0.2) is 4.79 Å². The topological polar surface area (TPSA) is 71.5 Å². The van der Waals surface area contributed by atoms with Crippen molar-refractivity contribution in [1.29, 1.82) is 0 Å². The number of carbonyl (C=O) groups is 1. The predicted molar refractivity (Wildman–Crippen MR) is 158 cm³/mol. The molecule has 202 valence electrons. The number of carboxylic acids is 1. The summed E-state index contributed by atoms with van der Waals surface area (Å²) in [5.41, 5.74) is 3.55. The summed E-state index contributed by atoms with van der Waals surface area (Å²) in [6, 6.07) is 20.1. The molecule has 2 atom stereocenters. The Labute approximate surface area is 238 Å². The molecule has 0 saturated heterocycles. The Morgan fingerprint density at radius 2 is 1.97 bits per heavy atom. The van der Waals surface area contributed by atoms with E-state index in [0.717, 1.165) is 47.3 Å². The number of benzene rings is 2.